The van der Waals surface area contributed by atoms with Crippen LogP contribution >= 0.6 is 0 Å². The first-order valence-corrected chi connectivity index (χ1v) is 10.5. The predicted molar refractivity (Wildman–Crippen MR) is 119 cm³/mol. The summed E-state index contributed by atoms with van der Waals surface area (Å²) >= 11 is 0. The van der Waals surface area contributed by atoms with E-state index < -0.39 is 6.61 Å². The highest BCUT2D eigenvalue weighted by atomic mass is 19.3. The Morgan fingerprint density at radius 2 is 1.78 bits per heavy atom. The van der Waals surface area contributed by atoms with Crippen LogP contribution in [0.3, 0.4) is 0 Å². The summed E-state index contributed by atoms with van der Waals surface area (Å²) in [7, 11) is 1.67. The molecule has 9 heteroatoms. The molecule has 1 saturated heterocycles. The molecule has 1 amide bonds. The molecule has 0 atom stereocenters. The van der Waals surface area contributed by atoms with Gasteiger partial charge >= 0.3 is 6.61 Å². The molecule has 2 aromatic carbocycles. The number of guanidine groups is 1. The molecule has 0 spiro atoms. The van der Waals surface area contributed by atoms with E-state index in [9.17, 15) is 13.6 Å². The van der Waals surface area contributed by atoms with Crippen LogP contribution in [-0.4, -0.2) is 38.7 Å². The molecule has 2 aromatic rings. The Balaban J connectivity index is 1.53. The van der Waals surface area contributed by atoms with Crippen LogP contribution in [0.15, 0.2) is 47.5 Å². The number of halogens is 2. The zero-order valence-electron chi connectivity index (χ0n) is 18.2. The van der Waals surface area contributed by atoms with Crippen molar-refractivity contribution in [2.75, 3.05) is 25.1 Å². The molecule has 7 nitrogen and oxygen atoms in total. The van der Waals surface area contributed by atoms with E-state index in [2.05, 4.69) is 20.4 Å². The van der Waals surface area contributed by atoms with Crippen LogP contribution in [0.25, 0.3) is 0 Å². The number of benzene rings is 2. The number of nitrogens with one attached hydrogen (secondary N) is 2. The van der Waals surface area contributed by atoms with E-state index in [1.165, 1.54) is 6.07 Å². The lowest BCUT2D eigenvalue weighted by atomic mass is 10.2. The molecular weight excluding hydrogens is 418 g/mol. The summed E-state index contributed by atoms with van der Waals surface area (Å²) < 4.78 is 35.0. The molecule has 0 aromatic heterocycles. The average Bonchev–Trinajstić information content (AvgIpc) is 3.21. The minimum absolute atomic E-state index is 0.00665. The van der Waals surface area contributed by atoms with Gasteiger partial charge in [-0.25, -0.2) is 0 Å². The van der Waals surface area contributed by atoms with E-state index in [-0.39, 0.29) is 17.4 Å². The van der Waals surface area contributed by atoms with Gasteiger partial charge < -0.3 is 25.0 Å². The summed E-state index contributed by atoms with van der Waals surface area (Å²) in [5.41, 5.74) is 2.80. The number of ether oxygens (including phenoxy) is 2. The Kier molecular flexibility index (Phi) is 8.24. The SMILES string of the molecule is CCOc1cc(CNC(=NC)NCc2ccc(N3CCCC3=O)cc2)ccc1OC(F)F. The third-order valence-electron chi connectivity index (χ3n) is 4.99. The third-order valence-corrected chi connectivity index (χ3v) is 4.99. The molecule has 172 valence electrons. The molecule has 1 aliphatic rings. The molecule has 0 radical (unpaired) electrons. The van der Waals surface area contributed by atoms with Crippen molar-refractivity contribution < 1.29 is 23.0 Å². The Hall–Kier alpha value is -3.36. The summed E-state index contributed by atoms with van der Waals surface area (Å²) in [6, 6.07) is 12.7. The van der Waals surface area contributed by atoms with Crippen LogP contribution in [0, 0.1) is 0 Å². The zero-order chi connectivity index (χ0) is 22.9. The highest BCUT2D eigenvalue weighted by molar-refractivity contribution is 5.95. The molecule has 0 bridgehead atoms. The maximum absolute atomic E-state index is 12.6. The summed E-state index contributed by atoms with van der Waals surface area (Å²) in [4.78, 5) is 17.9. The van der Waals surface area contributed by atoms with Crippen molar-refractivity contribution in [1.29, 1.82) is 0 Å². The fourth-order valence-corrected chi connectivity index (χ4v) is 3.43. The molecule has 3 rings (SSSR count). The number of amides is 1. The first-order valence-electron chi connectivity index (χ1n) is 10.5. The van der Waals surface area contributed by atoms with Crippen LogP contribution in [0.1, 0.15) is 30.9 Å². The lowest BCUT2D eigenvalue weighted by Crippen LogP contribution is -2.36. The van der Waals surface area contributed by atoms with E-state index in [0.717, 1.165) is 29.8 Å². The van der Waals surface area contributed by atoms with E-state index >= 15 is 0 Å². The monoisotopic (exact) mass is 446 g/mol. The van der Waals surface area contributed by atoms with Crippen molar-refractivity contribution >= 4 is 17.6 Å². The Morgan fingerprint density at radius 1 is 1.09 bits per heavy atom. The van der Waals surface area contributed by atoms with E-state index in [0.29, 0.717) is 32.1 Å². The summed E-state index contributed by atoms with van der Waals surface area (Å²) in [6.07, 6.45) is 1.51. The summed E-state index contributed by atoms with van der Waals surface area (Å²) in [6.45, 7) is 0.950. The molecule has 0 saturated carbocycles. The molecule has 0 aliphatic carbocycles. The van der Waals surface area contributed by atoms with Crippen molar-refractivity contribution in [2.24, 2.45) is 4.99 Å². The molecule has 32 heavy (non-hydrogen) atoms. The van der Waals surface area contributed by atoms with E-state index in [4.69, 9.17) is 4.74 Å². The van der Waals surface area contributed by atoms with Gasteiger partial charge in [-0.15, -0.1) is 0 Å². The second kappa shape index (κ2) is 11.3. The molecule has 1 fully saturated rings. The number of nitrogens with zero attached hydrogens (tertiary/aromatic N) is 2. The van der Waals surface area contributed by atoms with Gasteiger partial charge in [-0.1, -0.05) is 18.2 Å². The number of anilines is 1. The summed E-state index contributed by atoms with van der Waals surface area (Å²) in [5, 5.41) is 6.42. The lowest BCUT2D eigenvalue weighted by molar-refractivity contribution is -0.117. The Bertz CT molecular complexity index is 935. The number of aliphatic imine (C=N–C) groups is 1. The standard InChI is InChI=1S/C23H28F2N4O3/c1-3-31-20-13-17(8-11-19(20)32-22(24)25)15-28-23(26-2)27-14-16-6-9-18(10-7-16)29-12-4-5-21(29)30/h6-11,13,22H,3-5,12,14-15H2,1-2H3,(H2,26,27,28). The topological polar surface area (TPSA) is 75.2 Å². The van der Waals surface area contributed by atoms with Gasteiger partial charge in [0.1, 0.15) is 0 Å². The number of carbonyl (C=O) groups excluding carboxylic acids is 1. The van der Waals surface area contributed by atoms with Crippen LogP contribution < -0.4 is 25.0 Å². The fraction of sp³-hybridized carbons (Fsp3) is 0.391. The highest BCUT2D eigenvalue weighted by Gasteiger charge is 2.21. The number of alkyl halides is 2. The van der Waals surface area contributed by atoms with Crippen LogP contribution in [0.5, 0.6) is 11.5 Å². The van der Waals surface area contributed by atoms with Crippen LogP contribution in [0.2, 0.25) is 0 Å². The second-order valence-electron chi connectivity index (χ2n) is 7.19. The van der Waals surface area contributed by atoms with Gasteiger partial charge in [0.2, 0.25) is 5.91 Å². The predicted octanol–water partition coefficient (Wildman–Crippen LogP) is 3.68. The average molecular weight is 446 g/mol. The van der Waals surface area contributed by atoms with Gasteiger partial charge in [-0.3, -0.25) is 9.79 Å². The Morgan fingerprint density at radius 3 is 2.38 bits per heavy atom. The maximum Gasteiger partial charge on any atom is 0.387 e. The molecular formula is C23H28F2N4O3. The number of rotatable bonds is 9. The quantitative estimate of drug-likeness (QED) is 0.454. The minimum Gasteiger partial charge on any atom is -0.490 e. The third kappa shape index (κ3) is 6.32. The summed E-state index contributed by atoms with van der Waals surface area (Å²) in [5.74, 6) is 1.04. The van der Waals surface area contributed by atoms with Crippen LogP contribution in [0.4, 0.5) is 14.5 Å². The van der Waals surface area contributed by atoms with Crippen molar-refractivity contribution in [3.8, 4) is 11.5 Å². The molecule has 1 heterocycles. The van der Waals surface area contributed by atoms with Crippen molar-refractivity contribution in [3.63, 3.8) is 0 Å². The van der Waals surface area contributed by atoms with Crippen molar-refractivity contribution in [1.82, 2.24) is 10.6 Å². The van der Waals surface area contributed by atoms with Gasteiger partial charge in [0.25, 0.3) is 0 Å². The van der Waals surface area contributed by atoms with Crippen LogP contribution in [-0.2, 0) is 17.9 Å². The van der Waals surface area contributed by atoms with Gasteiger partial charge in [0.05, 0.1) is 6.61 Å². The molecule has 1 aliphatic heterocycles. The first kappa shape index (κ1) is 23.3. The number of hydrogen-bond donors (Lipinski definition) is 2. The molecule has 0 unspecified atom stereocenters. The normalized spacial score (nSPS) is 14.1. The van der Waals surface area contributed by atoms with Gasteiger partial charge in [-0.2, -0.15) is 8.78 Å². The second-order valence-corrected chi connectivity index (χ2v) is 7.19. The minimum atomic E-state index is -2.91. The van der Waals surface area contributed by atoms with Gasteiger partial charge in [0.15, 0.2) is 17.5 Å². The lowest BCUT2D eigenvalue weighted by Gasteiger charge is -2.17. The highest BCUT2D eigenvalue weighted by Crippen LogP contribution is 2.30. The van der Waals surface area contributed by atoms with E-state index in [1.807, 2.05) is 29.2 Å². The molecule has 2 N–H and O–H groups in total. The van der Waals surface area contributed by atoms with Crippen molar-refractivity contribution in [3.05, 3.63) is 53.6 Å². The largest absolute Gasteiger partial charge is 0.490 e. The zero-order valence-corrected chi connectivity index (χ0v) is 18.2. The number of carbonyl (C=O) groups is 1. The fourth-order valence-electron chi connectivity index (χ4n) is 3.43. The Labute approximate surface area is 186 Å². The van der Waals surface area contributed by atoms with Gasteiger partial charge in [0, 0.05) is 38.8 Å². The van der Waals surface area contributed by atoms with Gasteiger partial charge in [-0.05, 0) is 48.7 Å². The van der Waals surface area contributed by atoms with E-state index in [1.54, 1.807) is 26.1 Å². The van der Waals surface area contributed by atoms with Crippen molar-refractivity contribution in [2.45, 2.75) is 39.5 Å². The first-order chi connectivity index (χ1) is 15.5. The smallest absolute Gasteiger partial charge is 0.387 e. The maximum atomic E-state index is 12.6. The number of hydrogen-bond acceptors (Lipinski definition) is 4.